The van der Waals surface area contributed by atoms with Crippen molar-refractivity contribution in [2.75, 3.05) is 0 Å². The van der Waals surface area contributed by atoms with Gasteiger partial charge in [-0.2, -0.15) is 0 Å². The first kappa shape index (κ1) is 18.4. The number of pyridine rings is 2. The molecule has 1 aliphatic rings. The Morgan fingerprint density at radius 1 is 1.14 bits per heavy atom. The Morgan fingerprint density at radius 2 is 1.89 bits per heavy atom. The summed E-state index contributed by atoms with van der Waals surface area (Å²) < 4.78 is 0. The van der Waals surface area contributed by atoms with Crippen LogP contribution in [-0.4, -0.2) is 26.8 Å². The van der Waals surface area contributed by atoms with Crippen molar-refractivity contribution in [2.45, 2.75) is 31.8 Å². The van der Waals surface area contributed by atoms with Crippen molar-refractivity contribution < 1.29 is 4.79 Å². The van der Waals surface area contributed by atoms with Gasteiger partial charge in [0.05, 0.1) is 17.4 Å². The molecule has 4 rings (SSSR count). The van der Waals surface area contributed by atoms with Gasteiger partial charge < -0.3 is 9.88 Å². The first-order valence-electron chi connectivity index (χ1n) is 9.27. The average molecular weight is 394 g/mol. The van der Waals surface area contributed by atoms with Gasteiger partial charge in [0.2, 0.25) is 0 Å². The van der Waals surface area contributed by atoms with Gasteiger partial charge in [0.1, 0.15) is 5.56 Å². The van der Waals surface area contributed by atoms with Gasteiger partial charge in [0.15, 0.2) is 0 Å². The van der Waals surface area contributed by atoms with Crippen LogP contribution >= 0.6 is 11.6 Å². The van der Waals surface area contributed by atoms with Crippen LogP contribution in [0, 0.1) is 0 Å². The molecule has 6 heteroatoms. The highest BCUT2D eigenvalue weighted by Gasteiger charge is 2.37. The Kier molecular flexibility index (Phi) is 5.01. The lowest BCUT2D eigenvalue weighted by Crippen LogP contribution is -2.38. The SMILES string of the molecule is C[C@H](c1ccc(Cl)cc1)N(C(=O)c1ccc(-c2ccccn2)[nH]c1=O)C1CC1. The predicted octanol–water partition coefficient (Wildman–Crippen LogP) is 4.46. The second-order valence-corrected chi connectivity index (χ2v) is 7.44. The summed E-state index contributed by atoms with van der Waals surface area (Å²) in [5, 5.41) is 0.654. The van der Waals surface area contributed by atoms with Gasteiger partial charge in [-0.15, -0.1) is 0 Å². The highest BCUT2D eigenvalue weighted by Crippen LogP contribution is 2.35. The summed E-state index contributed by atoms with van der Waals surface area (Å²) in [5.41, 5.74) is 1.98. The Morgan fingerprint density at radius 3 is 2.50 bits per heavy atom. The number of benzene rings is 1. The second kappa shape index (κ2) is 7.60. The molecule has 0 bridgehead atoms. The number of carbonyl (C=O) groups is 1. The summed E-state index contributed by atoms with van der Waals surface area (Å²) in [7, 11) is 0. The Balaban J connectivity index is 1.64. The van der Waals surface area contributed by atoms with E-state index in [0.29, 0.717) is 16.4 Å². The number of carbonyl (C=O) groups excluding carboxylic acids is 1. The molecule has 1 atom stereocenters. The topological polar surface area (TPSA) is 66.1 Å². The van der Waals surface area contributed by atoms with Gasteiger partial charge in [-0.05, 0) is 61.7 Å². The van der Waals surface area contributed by atoms with E-state index in [1.807, 2.05) is 54.3 Å². The Bertz CT molecular complexity index is 1040. The molecule has 1 aliphatic carbocycles. The summed E-state index contributed by atoms with van der Waals surface area (Å²) in [6, 6.07) is 16.3. The summed E-state index contributed by atoms with van der Waals surface area (Å²) in [6.07, 6.45) is 3.57. The number of hydrogen-bond acceptors (Lipinski definition) is 3. The quantitative estimate of drug-likeness (QED) is 0.696. The minimum Gasteiger partial charge on any atom is -0.329 e. The molecule has 5 nitrogen and oxygen atoms in total. The summed E-state index contributed by atoms with van der Waals surface area (Å²) in [6.45, 7) is 1.98. The van der Waals surface area contributed by atoms with E-state index in [1.54, 1.807) is 18.3 Å². The molecule has 0 saturated heterocycles. The van der Waals surface area contributed by atoms with E-state index >= 15 is 0 Å². The fraction of sp³-hybridized carbons (Fsp3) is 0.227. The molecule has 1 aromatic carbocycles. The molecule has 142 valence electrons. The lowest BCUT2D eigenvalue weighted by Gasteiger charge is -2.29. The van der Waals surface area contributed by atoms with Gasteiger partial charge in [-0.25, -0.2) is 0 Å². The van der Waals surface area contributed by atoms with Crippen molar-refractivity contribution in [1.29, 1.82) is 0 Å². The van der Waals surface area contributed by atoms with Crippen LogP contribution in [0.15, 0.2) is 65.6 Å². The molecule has 2 aromatic heterocycles. The molecule has 1 N–H and O–H groups in total. The van der Waals surface area contributed by atoms with E-state index in [4.69, 9.17) is 11.6 Å². The maximum atomic E-state index is 13.2. The summed E-state index contributed by atoms with van der Waals surface area (Å²) >= 11 is 5.98. The summed E-state index contributed by atoms with van der Waals surface area (Å²) in [4.78, 5) is 34.7. The third kappa shape index (κ3) is 3.71. The first-order chi connectivity index (χ1) is 13.5. The van der Waals surface area contributed by atoms with Crippen LogP contribution in [0.25, 0.3) is 11.4 Å². The molecular weight excluding hydrogens is 374 g/mol. The Hall–Kier alpha value is -2.92. The predicted molar refractivity (Wildman–Crippen MR) is 109 cm³/mol. The number of nitrogens with zero attached hydrogens (tertiary/aromatic N) is 2. The smallest absolute Gasteiger partial charge is 0.261 e. The van der Waals surface area contributed by atoms with Crippen LogP contribution in [0.4, 0.5) is 0 Å². The van der Waals surface area contributed by atoms with Gasteiger partial charge in [-0.3, -0.25) is 14.6 Å². The van der Waals surface area contributed by atoms with Crippen molar-refractivity contribution in [1.82, 2.24) is 14.9 Å². The number of aromatic nitrogens is 2. The van der Waals surface area contributed by atoms with Gasteiger partial charge >= 0.3 is 0 Å². The minimum atomic E-state index is -0.401. The highest BCUT2D eigenvalue weighted by molar-refractivity contribution is 6.30. The van der Waals surface area contributed by atoms with Gasteiger partial charge in [0.25, 0.3) is 11.5 Å². The number of rotatable bonds is 5. The molecule has 1 amide bonds. The molecule has 28 heavy (non-hydrogen) atoms. The van der Waals surface area contributed by atoms with Gasteiger partial charge in [0, 0.05) is 17.3 Å². The summed E-state index contributed by atoms with van der Waals surface area (Å²) in [5.74, 6) is -0.251. The van der Waals surface area contributed by atoms with Crippen LogP contribution in [0.1, 0.15) is 41.7 Å². The van der Waals surface area contributed by atoms with Crippen molar-refractivity contribution >= 4 is 17.5 Å². The van der Waals surface area contributed by atoms with Crippen LogP contribution in [-0.2, 0) is 0 Å². The zero-order valence-electron chi connectivity index (χ0n) is 15.4. The van der Waals surface area contributed by atoms with Crippen molar-refractivity contribution in [3.05, 3.63) is 87.3 Å². The number of H-pyrrole nitrogens is 1. The van der Waals surface area contributed by atoms with Crippen LogP contribution in [0.3, 0.4) is 0 Å². The fourth-order valence-electron chi connectivity index (χ4n) is 3.37. The van der Waals surface area contributed by atoms with Crippen LogP contribution < -0.4 is 5.56 Å². The third-order valence-corrected chi connectivity index (χ3v) is 5.28. The lowest BCUT2D eigenvalue weighted by atomic mass is 10.1. The van der Waals surface area contributed by atoms with Crippen LogP contribution in [0.2, 0.25) is 5.02 Å². The van der Waals surface area contributed by atoms with E-state index in [9.17, 15) is 9.59 Å². The monoisotopic (exact) mass is 393 g/mol. The first-order valence-corrected chi connectivity index (χ1v) is 9.65. The number of halogens is 1. The molecule has 1 fully saturated rings. The lowest BCUT2D eigenvalue weighted by molar-refractivity contribution is 0.0672. The maximum absolute atomic E-state index is 13.2. The molecule has 1 saturated carbocycles. The average Bonchev–Trinajstić information content (AvgIpc) is 3.54. The van der Waals surface area contributed by atoms with E-state index in [1.165, 1.54) is 0 Å². The van der Waals surface area contributed by atoms with E-state index in [0.717, 1.165) is 18.4 Å². The maximum Gasteiger partial charge on any atom is 0.261 e. The van der Waals surface area contributed by atoms with E-state index in [-0.39, 0.29) is 23.6 Å². The van der Waals surface area contributed by atoms with E-state index < -0.39 is 5.56 Å². The third-order valence-electron chi connectivity index (χ3n) is 5.03. The molecule has 0 spiro atoms. The fourth-order valence-corrected chi connectivity index (χ4v) is 3.49. The standard InChI is InChI=1S/C22H20ClN3O2/c1-14(15-5-7-16(23)8-6-15)26(17-9-10-17)22(28)18-11-12-20(25-21(18)27)19-4-2-3-13-24-19/h2-8,11-14,17H,9-10H2,1H3,(H,25,27)/t14-/m1/s1. The van der Waals surface area contributed by atoms with Gasteiger partial charge in [-0.1, -0.05) is 29.8 Å². The number of amides is 1. The largest absolute Gasteiger partial charge is 0.329 e. The zero-order valence-corrected chi connectivity index (χ0v) is 16.2. The molecule has 0 unspecified atom stereocenters. The second-order valence-electron chi connectivity index (χ2n) is 7.00. The molecule has 0 aliphatic heterocycles. The number of hydrogen-bond donors (Lipinski definition) is 1. The zero-order chi connectivity index (χ0) is 19.7. The number of aromatic amines is 1. The van der Waals surface area contributed by atoms with Crippen molar-refractivity contribution in [3.8, 4) is 11.4 Å². The molecular formula is C22H20ClN3O2. The van der Waals surface area contributed by atoms with Crippen LogP contribution in [0.5, 0.6) is 0 Å². The molecule has 3 aromatic rings. The highest BCUT2D eigenvalue weighted by atomic mass is 35.5. The van der Waals surface area contributed by atoms with E-state index in [2.05, 4.69) is 9.97 Å². The van der Waals surface area contributed by atoms with Crippen molar-refractivity contribution in [2.24, 2.45) is 0 Å². The molecule has 2 heterocycles. The van der Waals surface area contributed by atoms with Crippen molar-refractivity contribution in [3.63, 3.8) is 0 Å². The molecule has 0 radical (unpaired) electrons. The normalized spacial score (nSPS) is 14.5. The minimum absolute atomic E-state index is 0.146. The Labute approximate surface area is 168 Å². The number of nitrogens with one attached hydrogen (secondary N) is 1.